The van der Waals surface area contributed by atoms with Crippen LogP contribution in [0.15, 0.2) is 21.6 Å². The lowest BCUT2D eigenvalue weighted by Crippen LogP contribution is -2.51. The summed E-state index contributed by atoms with van der Waals surface area (Å²) >= 11 is 0. The lowest BCUT2D eigenvalue weighted by molar-refractivity contribution is -0.128. The number of amidine groups is 1. The molecule has 1 aliphatic heterocycles. The van der Waals surface area contributed by atoms with Crippen molar-refractivity contribution in [3.63, 3.8) is 0 Å². The number of allylic oxidation sites excluding steroid dienone is 2. The van der Waals surface area contributed by atoms with Gasteiger partial charge in [0.1, 0.15) is 11.8 Å². The Kier molecular flexibility index (Phi) is 4.01. The van der Waals surface area contributed by atoms with Crippen molar-refractivity contribution in [2.75, 3.05) is 0 Å². The van der Waals surface area contributed by atoms with E-state index < -0.39 is 10.8 Å². The molecule has 0 radical (unpaired) electrons. The molecule has 0 spiro atoms. The Morgan fingerprint density at radius 3 is 2.64 bits per heavy atom. The Bertz CT molecular complexity index is 1000. The van der Waals surface area contributed by atoms with Crippen LogP contribution in [-0.2, 0) is 23.7 Å². The van der Waals surface area contributed by atoms with Crippen LogP contribution in [-0.4, -0.2) is 33.7 Å². The molecule has 0 amide bonds. The van der Waals surface area contributed by atoms with Crippen molar-refractivity contribution in [3.8, 4) is 6.07 Å². The first-order chi connectivity index (χ1) is 13.1. The van der Waals surface area contributed by atoms with E-state index >= 15 is 0 Å². The van der Waals surface area contributed by atoms with E-state index in [4.69, 9.17) is 10.1 Å². The summed E-state index contributed by atoms with van der Waals surface area (Å²) in [6.07, 6.45) is 5.49. The van der Waals surface area contributed by atoms with E-state index in [-0.39, 0.29) is 23.3 Å². The van der Waals surface area contributed by atoms with Gasteiger partial charge in [0.2, 0.25) is 0 Å². The zero-order valence-corrected chi connectivity index (χ0v) is 17.4. The maximum atomic E-state index is 12.8. The molecule has 0 N–H and O–H groups in total. The number of aryl methyl sites for hydroxylation is 1. The molecular weight excluding hydrogens is 350 g/mol. The topological polar surface area (TPSA) is 83.4 Å². The molecule has 1 aromatic heterocycles. The molecule has 0 saturated heterocycles. The standard InChI is InChI=1S/C22H27N5O/c1-12(2)15-11-24-20(25-15)17-14-7-8-16-21(3,4)19(28)13(10-23)9-22(16,5)18(14)26-27(17)6/h9,11-12,15-16H,7-8H2,1-6H3/t15?,16-,22-/m0/s1. The van der Waals surface area contributed by atoms with Crippen molar-refractivity contribution in [2.45, 2.75) is 58.9 Å². The molecule has 3 aliphatic rings. The third kappa shape index (κ3) is 2.38. The molecule has 6 nitrogen and oxygen atoms in total. The fourth-order valence-electron chi connectivity index (χ4n) is 5.30. The van der Waals surface area contributed by atoms with E-state index in [1.807, 2.05) is 37.9 Å². The summed E-state index contributed by atoms with van der Waals surface area (Å²) in [5.41, 5.74) is 2.29. The highest BCUT2D eigenvalue weighted by atomic mass is 16.1. The minimum atomic E-state index is -0.588. The van der Waals surface area contributed by atoms with Gasteiger partial charge in [0.05, 0.1) is 17.3 Å². The predicted molar refractivity (Wildman–Crippen MR) is 109 cm³/mol. The zero-order chi connectivity index (χ0) is 20.4. The smallest absolute Gasteiger partial charge is 0.178 e. The quantitative estimate of drug-likeness (QED) is 0.794. The molecule has 1 aromatic rings. The van der Waals surface area contributed by atoms with E-state index in [0.29, 0.717) is 5.92 Å². The first-order valence-electron chi connectivity index (χ1n) is 9.97. The van der Waals surface area contributed by atoms with Crippen LogP contribution in [0.2, 0.25) is 0 Å². The van der Waals surface area contributed by atoms with E-state index in [0.717, 1.165) is 35.6 Å². The summed E-state index contributed by atoms with van der Waals surface area (Å²) in [6.45, 7) is 10.3. The van der Waals surface area contributed by atoms with Crippen molar-refractivity contribution < 1.29 is 4.79 Å². The molecule has 0 aromatic carbocycles. The van der Waals surface area contributed by atoms with E-state index in [1.54, 1.807) is 0 Å². The van der Waals surface area contributed by atoms with Gasteiger partial charge < -0.3 is 0 Å². The number of Topliss-reactive ketones (excluding diaryl/α,β-unsaturated/α-hetero) is 1. The third-order valence-electron chi connectivity index (χ3n) is 6.84. The van der Waals surface area contributed by atoms with Gasteiger partial charge in [0.25, 0.3) is 0 Å². The van der Waals surface area contributed by atoms with Crippen molar-refractivity contribution in [3.05, 3.63) is 28.6 Å². The number of carbonyl (C=O) groups excluding carboxylic acids is 1. The molecule has 6 heteroatoms. The molecule has 0 fully saturated rings. The second-order valence-electron chi connectivity index (χ2n) is 9.36. The minimum Gasteiger partial charge on any atom is -0.293 e. The number of aliphatic imine (C=N–C) groups is 2. The second kappa shape index (κ2) is 5.97. The Morgan fingerprint density at radius 1 is 1.32 bits per heavy atom. The van der Waals surface area contributed by atoms with Gasteiger partial charge in [-0.05, 0) is 24.7 Å². The largest absolute Gasteiger partial charge is 0.293 e. The highest BCUT2D eigenvalue weighted by molar-refractivity contribution is 6.07. The molecule has 28 heavy (non-hydrogen) atoms. The van der Waals surface area contributed by atoms with E-state index in [9.17, 15) is 10.1 Å². The Labute approximate surface area is 166 Å². The molecule has 2 aliphatic carbocycles. The van der Waals surface area contributed by atoms with Crippen LogP contribution in [0.4, 0.5) is 0 Å². The Hall–Kier alpha value is -2.55. The molecule has 4 rings (SSSR count). The maximum absolute atomic E-state index is 12.8. The number of nitrogens with zero attached hydrogens (tertiary/aromatic N) is 5. The van der Waals surface area contributed by atoms with Gasteiger partial charge in [0, 0.05) is 29.7 Å². The van der Waals surface area contributed by atoms with Gasteiger partial charge in [-0.15, -0.1) is 0 Å². The lowest BCUT2D eigenvalue weighted by atomic mass is 9.52. The summed E-state index contributed by atoms with van der Waals surface area (Å²) in [5, 5.41) is 14.4. The Balaban J connectivity index is 1.89. The number of carbonyl (C=O) groups is 1. The highest BCUT2D eigenvalue weighted by Crippen LogP contribution is 2.54. The highest BCUT2D eigenvalue weighted by Gasteiger charge is 2.55. The fraction of sp³-hybridized carbons (Fsp3) is 0.591. The van der Waals surface area contributed by atoms with Crippen molar-refractivity contribution in [1.82, 2.24) is 9.78 Å². The average molecular weight is 377 g/mol. The SMILES string of the molecule is CC(C)C1C=NC(c2c3c(nn2C)[C@@]2(C)C=C(C#N)C(=O)C(C)(C)[C@@H]2CC3)=N1. The van der Waals surface area contributed by atoms with Crippen molar-refractivity contribution in [2.24, 2.45) is 34.3 Å². The van der Waals surface area contributed by atoms with Crippen LogP contribution >= 0.6 is 0 Å². The zero-order valence-electron chi connectivity index (χ0n) is 17.4. The van der Waals surface area contributed by atoms with E-state index in [1.165, 1.54) is 0 Å². The van der Waals surface area contributed by atoms with Gasteiger partial charge in [-0.3, -0.25) is 14.5 Å². The first-order valence-corrected chi connectivity index (χ1v) is 9.97. The predicted octanol–water partition coefficient (Wildman–Crippen LogP) is 3.15. The van der Waals surface area contributed by atoms with Crippen molar-refractivity contribution in [1.29, 1.82) is 5.26 Å². The van der Waals surface area contributed by atoms with Crippen LogP contribution in [0.1, 0.15) is 58.0 Å². The molecular formula is C22H27N5O. The van der Waals surface area contributed by atoms with Gasteiger partial charge >= 0.3 is 0 Å². The van der Waals surface area contributed by atoms with Crippen LogP contribution in [0.25, 0.3) is 0 Å². The fourth-order valence-corrected chi connectivity index (χ4v) is 5.30. The molecule has 3 atom stereocenters. The van der Waals surface area contributed by atoms with Crippen molar-refractivity contribution >= 4 is 17.8 Å². The van der Waals surface area contributed by atoms with Crippen LogP contribution < -0.4 is 0 Å². The maximum Gasteiger partial charge on any atom is 0.178 e. The minimum absolute atomic E-state index is 0.0541. The molecule has 1 unspecified atom stereocenters. The lowest BCUT2D eigenvalue weighted by Gasteiger charge is -2.49. The first kappa shape index (κ1) is 18.8. The molecule has 0 saturated carbocycles. The molecule has 0 bridgehead atoms. The summed E-state index contributed by atoms with van der Waals surface area (Å²) < 4.78 is 1.88. The number of fused-ring (bicyclic) bond motifs is 3. The van der Waals surface area contributed by atoms with Gasteiger partial charge in [-0.1, -0.05) is 40.7 Å². The number of hydrogen-bond acceptors (Lipinski definition) is 5. The summed E-state index contributed by atoms with van der Waals surface area (Å²) in [4.78, 5) is 22.2. The number of ketones is 1. The normalized spacial score (nSPS) is 30.6. The Morgan fingerprint density at radius 2 is 2.04 bits per heavy atom. The van der Waals surface area contributed by atoms with Gasteiger partial charge in [0.15, 0.2) is 11.6 Å². The monoisotopic (exact) mass is 377 g/mol. The van der Waals surface area contributed by atoms with Crippen LogP contribution in [0, 0.1) is 28.6 Å². The van der Waals surface area contributed by atoms with Crippen LogP contribution in [0.3, 0.4) is 0 Å². The summed E-state index contributed by atoms with van der Waals surface area (Å²) in [6, 6.07) is 2.22. The van der Waals surface area contributed by atoms with Crippen LogP contribution in [0.5, 0.6) is 0 Å². The average Bonchev–Trinajstić information content (AvgIpc) is 3.23. The number of nitriles is 1. The molecule has 146 valence electrons. The van der Waals surface area contributed by atoms with Gasteiger partial charge in [-0.2, -0.15) is 10.4 Å². The summed E-state index contributed by atoms with van der Waals surface area (Å²) in [5.74, 6) is 1.20. The second-order valence-corrected chi connectivity index (χ2v) is 9.36. The van der Waals surface area contributed by atoms with Gasteiger partial charge in [-0.25, -0.2) is 4.99 Å². The number of hydrogen-bond donors (Lipinski definition) is 0. The summed E-state index contributed by atoms with van der Waals surface area (Å²) in [7, 11) is 1.93. The number of aromatic nitrogens is 2. The molecule has 2 heterocycles. The third-order valence-corrected chi connectivity index (χ3v) is 6.84. The number of rotatable bonds is 2. The van der Waals surface area contributed by atoms with E-state index in [2.05, 4.69) is 31.8 Å².